The number of nitrogens with one attached hydrogen (secondary N) is 1. The summed E-state index contributed by atoms with van der Waals surface area (Å²) in [6.45, 7) is 0. The molecule has 0 atom stereocenters. The van der Waals surface area contributed by atoms with E-state index in [0.29, 0.717) is 21.4 Å². The van der Waals surface area contributed by atoms with Crippen molar-refractivity contribution < 1.29 is 0 Å². The van der Waals surface area contributed by atoms with Gasteiger partial charge in [-0.25, -0.2) is 4.98 Å². The summed E-state index contributed by atoms with van der Waals surface area (Å²) in [5.41, 5.74) is 1.19. The zero-order chi connectivity index (χ0) is 12.3. The maximum absolute atomic E-state index is 8.84. The summed E-state index contributed by atoms with van der Waals surface area (Å²) in [6, 6.07) is 10.7. The Morgan fingerprint density at radius 3 is 2.47 bits per heavy atom. The molecule has 0 saturated heterocycles. The standard InChI is InChI=1S/C12H7Cl2N3/c13-9-1-3-10(4-2-9)17-12-11(14)8(7-15)5-6-16-12/h1-6H,(H,16,17). The molecule has 0 aliphatic rings. The van der Waals surface area contributed by atoms with Crippen LogP contribution in [-0.4, -0.2) is 4.98 Å². The molecule has 2 rings (SSSR count). The molecule has 1 aromatic heterocycles. The van der Waals surface area contributed by atoms with Crippen molar-refractivity contribution in [2.24, 2.45) is 0 Å². The van der Waals surface area contributed by atoms with Gasteiger partial charge in [-0.1, -0.05) is 23.2 Å². The molecule has 1 aromatic carbocycles. The number of anilines is 2. The Morgan fingerprint density at radius 2 is 1.82 bits per heavy atom. The van der Waals surface area contributed by atoms with Crippen molar-refractivity contribution in [3.63, 3.8) is 0 Å². The third-order valence-corrected chi connectivity index (χ3v) is 2.75. The second kappa shape index (κ2) is 5.05. The fourth-order valence-electron chi connectivity index (χ4n) is 1.29. The van der Waals surface area contributed by atoms with Crippen LogP contribution in [0.25, 0.3) is 0 Å². The molecule has 5 heteroatoms. The van der Waals surface area contributed by atoms with Crippen LogP contribution >= 0.6 is 23.2 Å². The predicted molar refractivity (Wildman–Crippen MR) is 68.7 cm³/mol. The second-order valence-electron chi connectivity index (χ2n) is 3.26. The molecule has 1 N–H and O–H groups in total. The van der Waals surface area contributed by atoms with Gasteiger partial charge >= 0.3 is 0 Å². The van der Waals surface area contributed by atoms with Gasteiger partial charge in [0.15, 0.2) is 5.82 Å². The van der Waals surface area contributed by atoms with E-state index in [9.17, 15) is 0 Å². The number of nitrogens with zero attached hydrogens (tertiary/aromatic N) is 2. The van der Waals surface area contributed by atoms with Gasteiger partial charge in [-0.05, 0) is 30.3 Å². The van der Waals surface area contributed by atoms with E-state index in [1.807, 2.05) is 6.07 Å². The normalized spacial score (nSPS) is 9.71. The van der Waals surface area contributed by atoms with Crippen LogP contribution in [0.1, 0.15) is 5.56 Å². The second-order valence-corrected chi connectivity index (χ2v) is 4.08. The highest BCUT2D eigenvalue weighted by molar-refractivity contribution is 6.34. The van der Waals surface area contributed by atoms with E-state index in [-0.39, 0.29) is 0 Å². The largest absolute Gasteiger partial charge is 0.339 e. The van der Waals surface area contributed by atoms with E-state index < -0.39 is 0 Å². The van der Waals surface area contributed by atoms with E-state index in [1.54, 1.807) is 30.3 Å². The van der Waals surface area contributed by atoms with Crippen LogP contribution in [0.5, 0.6) is 0 Å². The van der Waals surface area contributed by atoms with E-state index >= 15 is 0 Å². The molecule has 0 radical (unpaired) electrons. The predicted octanol–water partition coefficient (Wildman–Crippen LogP) is 4.00. The Hall–Kier alpha value is -1.76. The minimum Gasteiger partial charge on any atom is -0.339 e. The van der Waals surface area contributed by atoms with E-state index in [4.69, 9.17) is 28.5 Å². The van der Waals surface area contributed by atoms with Crippen molar-refractivity contribution in [3.05, 3.63) is 52.1 Å². The summed E-state index contributed by atoms with van der Waals surface area (Å²) in [4.78, 5) is 4.08. The zero-order valence-electron chi connectivity index (χ0n) is 8.61. The molecule has 0 bridgehead atoms. The Balaban J connectivity index is 2.31. The van der Waals surface area contributed by atoms with Gasteiger partial charge in [0, 0.05) is 16.9 Å². The van der Waals surface area contributed by atoms with Crippen molar-refractivity contribution >= 4 is 34.7 Å². The topological polar surface area (TPSA) is 48.7 Å². The van der Waals surface area contributed by atoms with Crippen molar-refractivity contribution in [3.8, 4) is 6.07 Å². The van der Waals surface area contributed by atoms with Crippen LogP contribution in [0.2, 0.25) is 10.0 Å². The Labute approximate surface area is 109 Å². The summed E-state index contributed by atoms with van der Waals surface area (Å²) < 4.78 is 0. The van der Waals surface area contributed by atoms with Gasteiger partial charge in [0.05, 0.1) is 5.56 Å². The number of benzene rings is 1. The molecule has 0 unspecified atom stereocenters. The smallest absolute Gasteiger partial charge is 0.150 e. The first-order chi connectivity index (χ1) is 8.20. The quantitative estimate of drug-likeness (QED) is 0.891. The maximum atomic E-state index is 8.84. The summed E-state index contributed by atoms with van der Waals surface area (Å²) in [5.74, 6) is 0.452. The van der Waals surface area contributed by atoms with Crippen LogP contribution in [0, 0.1) is 11.3 Å². The average Bonchev–Trinajstić information content (AvgIpc) is 2.35. The SMILES string of the molecule is N#Cc1ccnc(Nc2ccc(Cl)cc2)c1Cl. The lowest BCUT2D eigenvalue weighted by atomic mass is 10.2. The number of pyridine rings is 1. The number of hydrogen-bond acceptors (Lipinski definition) is 3. The van der Waals surface area contributed by atoms with Gasteiger partial charge in [-0.15, -0.1) is 0 Å². The van der Waals surface area contributed by atoms with Crippen molar-refractivity contribution in [1.29, 1.82) is 5.26 Å². The summed E-state index contributed by atoms with van der Waals surface area (Å²) in [7, 11) is 0. The Morgan fingerprint density at radius 1 is 1.12 bits per heavy atom. The van der Waals surface area contributed by atoms with Gasteiger partial charge in [0.1, 0.15) is 11.1 Å². The highest BCUT2D eigenvalue weighted by atomic mass is 35.5. The number of nitriles is 1. The van der Waals surface area contributed by atoms with E-state index in [2.05, 4.69) is 10.3 Å². The molecule has 17 heavy (non-hydrogen) atoms. The Kier molecular flexibility index (Phi) is 3.48. The van der Waals surface area contributed by atoms with Crippen LogP contribution < -0.4 is 5.32 Å². The molecule has 0 saturated carbocycles. The fourth-order valence-corrected chi connectivity index (χ4v) is 1.61. The van der Waals surface area contributed by atoms with Gasteiger partial charge < -0.3 is 5.32 Å². The molecule has 0 aliphatic carbocycles. The van der Waals surface area contributed by atoms with Crippen LogP contribution in [0.4, 0.5) is 11.5 Å². The Bertz CT molecular complexity index is 573. The minimum absolute atomic E-state index is 0.310. The van der Waals surface area contributed by atoms with Crippen molar-refractivity contribution in [2.45, 2.75) is 0 Å². The molecule has 3 nitrogen and oxygen atoms in total. The first-order valence-electron chi connectivity index (χ1n) is 4.78. The molecule has 0 amide bonds. The van der Waals surface area contributed by atoms with Gasteiger partial charge in [-0.2, -0.15) is 5.26 Å². The number of aromatic nitrogens is 1. The van der Waals surface area contributed by atoms with Crippen molar-refractivity contribution in [2.75, 3.05) is 5.32 Å². The lowest BCUT2D eigenvalue weighted by Crippen LogP contribution is -1.95. The average molecular weight is 264 g/mol. The number of halogens is 2. The lowest BCUT2D eigenvalue weighted by Gasteiger charge is -2.07. The molecule has 1 heterocycles. The van der Waals surface area contributed by atoms with Crippen molar-refractivity contribution in [1.82, 2.24) is 4.98 Å². The molecule has 0 spiro atoms. The van der Waals surface area contributed by atoms with Gasteiger partial charge in [0.2, 0.25) is 0 Å². The molecule has 0 aliphatic heterocycles. The fraction of sp³-hybridized carbons (Fsp3) is 0. The zero-order valence-corrected chi connectivity index (χ0v) is 10.1. The number of hydrogen-bond donors (Lipinski definition) is 1. The van der Waals surface area contributed by atoms with E-state index in [1.165, 1.54) is 6.20 Å². The third kappa shape index (κ3) is 2.68. The van der Waals surface area contributed by atoms with Gasteiger partial charge in [0.25, 0.3) is 0 Å². The van der Waals surface area contributed by atoms with Crippen LogP contribution in [0.15, 0.2) is 36.5 Å². The minimum atomic E-state index is 0.310. The van der Waals surface area contributed by atoms with Gasteiger partial charge in [-0.3, -0.25) is 0 Å². The third-order valence-electron chi connectivity index (χ3n) is 2.12. The summed E-state index contributed by atoms with van der Waals surface area (Å²) in [6.07, 6.45) is 1.53. The molecular formula is C12H7Cl2N3. The first kappa shape index (κ1) is 11.7. The summed E-state index contributed by atoms with van der Waals surface area (Å²) >= 11 is 11.8. The monoisotopic (exact) mass is 263 g/mol. The van der Waals surface area contributed by atoms with Crippen LogP contribution in [0.3, 0.4) is 0 Å². The maximum Gasteiger partial charge on any atom is 0.150 e. The molecule has 0 fully saturated rings. The number of rotatable bonds is 2. The highest BCUT2D eigenvalue weighted by Crippen LogP contribution is 2.26. The first-order valence-corrected chi connectivity index (χ1v) is 5.53. The molecule has 84 valence electrons. The molecular weight excluding hydrogens is 257 g/mol. The van der Waals surface area contributed by atoms with Crippen LogP contribution in [-0.2, 0) is 0 Å². The molecule has 2 aromatic rings. The lowest BCUT2D eigenvalue weighted by molar-refractivity contribution is 1.29. The van der Waals surface area contributed by atoms with E-state index in [0.717, 1.165) is 5.69 Å². The summed E-state index contributed by atoms with van der Waals surface area (Å²) in [5, 5.41) is 12.8. The highest BCUT2D eigenvalue weighted by Gasteiger charge is 2.06.